The lowest BCUT2D eigenvalue weighted by atomic mass is 10.3. The number of hydrogen-bond acceptors (Lipinski definition) is 2. The number of amides is 2. The predicted octanol–water partition coefficient (Wildman–Crippen LogP) is 1.07. The van der Waals surface area contributed by atoms with Crippen molar-refractivity contribution in [1.82, 2.24) is 10.2 Å². The van der Waals surface area contributed by atoms with E-state index in [0.29, 0.717) is 6.61 Å². The SMILES string of the molecule is CCCNC(=O)N(C)C(C)COC. The van der Waals surface area contributed by atoms with Crippen molar-refractivity contribution in [2.45, 2.75) is 26.3 Å². The average molecular weight is 188 g/mol. The van der Waals surface area contributed by atoms with Gasteiger partial charge in [-0.05, 0) is 13.3 Å². The van der Waals surface area contributed by atoms with Crippen LogP contribution in [0.15, 0.2) is 0 Å². The monoisotopic (exact) mass is 188 g/mol. The Hall–Kier alpha value is -0.770. The Morgan fingerprint density at radius 1 is 1.62 bits per heavy atom. The summed E-state index contributed by atoms with van der Waals surface area (Å²) >= 11 is 0. The van der Waals surface area contributed by atoms with E-state index in [-0.39, 0.29) is 12.1 Å². The number of methoxy groups -OCH3 is 1. The molecule has 0 rings (SSSR count). The Morgan fingerprint density at radius 2 is 2.23 bits per heavy atom. The fourth-order valence-corrected chi connectivity index (χ4v) is 0.910. The second-order valence-electron chi connectivity index (χ2n) is 3.15. The van der Waals surface area contributed by atoms with E-state index in [1.165, 1.54) is 0 Å². The maximum Gasteiger partial charge on any atom is 0.317 e. The fourth-order valence-electron chi connectivity index (χ4n) is 0.910. The number of hydrogen-bond donors (Lipinski definition) is 1. The molecule has 2 amide bonds. The number of nitrogens with one attached hydrogen (secondary N) is 1. The second kappa shape index (κ2) is 6.71. The second-order valence-corrected chi connectivity index (χ2v) is 3.15. The summed E-state index contributed by atoms with van der Waals surface area (Å²) in [5, 5.41) is 2.80. The first-order valence-electron chi connectivity index (χ1n) is 4.63. The summed E-state index contributed by atoms with van der Waals surface area (Å²) in [4.78, 5) is 13.0. The first-order chi connectivity index (χ1) is 6.13. The Bertz CT molecular complexity index is 151. The zero-order chi connectivity index (χ0) is 10.3. The van der Waals surface area contributed by atoms with E-state index in [0.717, 1.165) is 13.0 Å². The maximum atomic E-state index is 11.4. The minimum absolute atomic E-state index is 0.0357. The number of nitrogens with zero attached hydrogens (tertiary/aromatic N) is 1. The van der Waals surface area contributed by atoms with Crippen molar-refractivity contribution in [2.24, 2.45) is 0 Å². The zero-order valence-corrected chi connectivity index (χ0v) is 8.96. The van der Waals surface area contributed by atoms with Crippen molar-refractivity contribution in [3.05, 3.63) is 0 Å². The molecule has 1 N–H and O–H groups in total. The van der Waals surface area contributed by atoms with Gasteiger partial charge in [0.25, 0.3) is 0 Å². The molecule has 0 aliphatic rings. The number of ether oxygens (including phenoxy) is 1. The highest BCUT2D eigenvalue weighted by atomic mass is 16.5. The van der Waals surface area contributed by atoms with Crippen LogP contribution in [0.1, 0.15) is 20.3 Å². The fraction of sp³-hybridized carbons (Fsp3) is 0.889. The minimum atomic E-state index is -0.0357. The Kier molecular flexibility index (Phi) is 6.32. The Labute approximate surface area is 80.2 Å². The van der Waals surface area contributed by atoms with Gasteiger partial charge in [0, 0.05) is 20.7 Å². The predicted molar refractivity (Wildman–Crippen MR) is 52.8 cm³/mol. The van der Waals surface area contributed by atoms with E-state index in [9.17, 15) is 4.79 Å². The molecule has 0 aromatic rings. The number of rotatable bonds is 5. The number of urea groups is 1. The smallest absolute Gasteiger partial charge is 0.317 e. The van der Waals surface area contributed by atoms with Crippen LogP contribution in [0.4, 0.5) is 4.79 Å². The molecule has 0 aromatic heterocycles. The molecule has 0 heterocycles. The number of carbonyl (C=O) groups excluding carboxylic acids is 1. The summed E-state index contributed by atoms with van der Waals surface area (Å²) in [5.41, 5.74) is 0. The summed E-state index contributed by atoms with van der Waals surface area (Å²) in [6.45, 7) is 5.27. The lowest BCUT2D eigenvalue weighted by molar-refractivity contribution is 0.123. The lowest BCUT2D eigenvalue weighted by Crippen LogP contribution is -2.44. The number of carbonyl (C=O) groups is 1. The van der Waals surface area contributed by atoms with Crippen molar-refractivity contribution >= 4 is 6.03 Å². The van der Waals surface area contributed by atoms with Gasteiger partial charge in [-0.15, -0.1) is 0 Å². The largest absolute Gasteiger partial charge is 0.383 e. The molecule has 0 fully saturated rings. The Balaban J connectivity index is 3.79. The summed E-state index contributed by atoms with van der Waals surface area (Å²) in [6.07, 6.45) is 0.957. The Morgan fingerprint density at radius 3 is 2.69 bits per heavy atom. The zero-order valence-electron chi connectivity index (χ0n) is 8.96. The molecule has 0 saturated carbocycles. The van der Waals surface area contributed by atoms with Crippen LogP contribution >= 0.6 is 0 Å². The van der Waals surface area contributed by atoms with Gasteiger partial charge in [-0.1, -0.05) is 6.92 Å². The molecule has 78 valence electrons. The van der Waals surface area contributed by atoms with Gasteiger partial charge in [0.15, 0.2) is 0 Å². The summed E-state index contributed by atoms with van der Waals surface area (Å²) < 4.78 is 4.96. The molecule has 0 aliphatic heterocycles. The van der Waals surface area contributed by atoms with Crippen molar-refractivity contribution < 1.29 is 9.53 Å². The topological polar surface area (TPSA) is 41.6 Å². The summed E-state index contributed by atoms with van der Waals surface area (Å²) in [5.74, 6) is 0. The van der Waals surface area contributed by atoms with Gasteiger partial charge in [0.05, 0.1) is 12.6 Å². The molecule has 13 heavy (non-hydrogen) atoms. The molecular weight excluding hydrogens is 168 g/mol. The normalized spacial score (nSPS) is 12.3. The third-order valence-corrected chi connectivity index (χ3v) is 1.92. The number of likely N-dealkylation sites (N-methyl/N-ethyl adjacent to an activating group) is 1. The van der Waals surface area contributed by atoms with Crippen molar-refractivity contribution in [3.63, 3.8) is 0 Å². The van der Waals surface area contributed by atoms with Crippen LogP contribution in [0, 0.1) is 0 Å². The molecule has 4 nitrogen and oxygen atoms in total. The molecular formula is C9H20N2O2. The van der Waals surface area contributed by atoms with E-state index in [1.54, 1.807) is 19.1 Å². The summed E-state index contributed by atoms with van der Waals surface area (Å²) in [6, 6.07) is 0.0771. The highest BCUT2D eigenvalue weighted by Crippen LogP contribution is 1.95. The van der Waals surface area contributed by atoms with Crippen LogP contribution in [-0.2, 0) is 4.74 Å². The lowest BCUT2D eigenvalue weighted by Gasteiger charge is -2.24. The maximum absolute atomic E-state index is 11.4. The minimum Gasteiger partial charge on any atom is -0.383 e. The van der Waals surface area contributed by atoms with E-state index in [2.05, 4.69) is 5.32 Å². The van der Waals surface area contributed by atoms with Gasteiger partial charge in [-0.3, -0.25) is 0 Å². The van der Waals surface area contributed by atoms with Crippen LogP contribution in [0.2, 0.25) is 0 Å². The van der Waals surface area contributed by atoms with Crippen molar-refractivity contribution in [1.29, 1.82) is 0 Å². The molecule has 0 aromatic carbocycles. The van der Waals surface area contributed by atoms with Crippen molar-refractivity contribution in [3.8, 4) is 0 Å². The van der Waals surface area contributed by atoms with E-state index in [1.807, 2.05) is 13.8 Å². The first kappa shape index (κ1) is 12.2. The molecule has 0 saturated heterocycles. The van der Waals surface area contributed by atoms with E-state index < -0.39 is 0 Å². The van der Waals surface area contributed by atoms with Crippen LogP contribution < -0.4 is 5.32 Å². The molecule has 1 atom stereocenters. The first-order valence-corrected chi connectivity index (χ1v) is 4.63. The molecule has 0 bridgehead atoms. The average Bonchev–Trinajstić information content (AvgIpc) is 2.13. The molecule has 4 heteroatoms. The van der Waals surface area contributed by atoms with Crippen LogP contribution in [0.3, 0.4) is 0 Å². The van der Waals surface area contributed by atoms with Gasteiger partial charge >= 0.3 is 6.03 Å². The van der Waals surface area contributed by atoms with E-state index >= 15 is 0 Å². The standard InChI is InChI=1S/C9H20N2O2/c1-5-6-10-9(12)11(3)8(2)7-13-4/h8H,5-7H2,1-4H3,(H,10,12). The van der Waals surface area contributed by atoms with E-state index in [4.69, 9.17) is 4.74 Å². The molecule has 0 spiro atoms. The molecule has 0 aliphatic carbocycles. The molecule has 1 unspecified atom stereocenters. The van der Waals surface area contributed by atoms with Crippen LogP contribution in [0.5, 0.6) is 0 Å². The summed E-state index contributed by atoms with van der Waals surface area (Å²) in [7, 11) is 3.41. The van der Waals surface area contributed by atoms with Gasteiger partial charge < -0.3 is 15.0 Å². The van der Waals surface area contributed by atoms with Gasteiger partial charge in [-0.25, -0.2) is 4.79 Å². The molecule has 0 radical (unpaired) electrons. The highest BCUT2D eigenvalue weighted by Gasteiger charge is 2.13. The highest BCUT2D eigenvalue weighted by molar-refractivity contribution is 5.74. The van der Waals surface area contributed by atoms with Crippen molar-refractivity contribution in [2.75, 3.05) is 27.3 Å². The third-order valence-electron chi connectivity index (χ3n) is 1.92. The third kappa shape index (κ3) is 4.72. The quantitative estimate of drug-likeness (QED) is 0.701. The van der Waals surface area contributed by atoms with Crippen LogP contribution in [0.25, 0.3) is 0 Å². The van der Waals surface area contributed by atoms with Crippen LogP contribution in [-0.4, -0.2) is 44.3 Å². The van der Waals surface area contributed by atoms with Gasteiger partial charge in [-0.2, -0.15) is 0 Å². The van der Waals surface area contributed by atoms with Gasteiger partial charge in [0.1, 0.15) is 0 Å². The van der Waals surface area contributed by atoms with Gasteiger partial charge in [0.2, 0.25) is 0 Å².